The van der Waals surface area contributed by atoms with E-state index in [-0.39, 0.29) is 12.1 Å². The summed E-state index contributed by atoms with van der Waals surface area (Å²) in [6.45, 7) is 2.68. The van der Waals surface area contributed by atoms with Gasteiger partial charge in [-0.25, -0.2) is 9.48 Å². The fraction of sp³-hybridized carbons (Fsp3) is 0.474. The van der Waals surface area contributed by atoms with Crippen molar-refractivity contribution in [1.29, 1.82) is 0 Å². The highest BCUT2D eigenvalue weighted by molar-refractivity contribution is 5.74. The van der Waals surface area contributed by atoms with Crippen molar-refractivity contribution in [2.75, 3.05) is 26.3 Å². The molecule has 1 aromatic heterocycles. The SMILES string of the molecule is O=C(NCCc1ccc(-n2cccn2)cc1)N1CCOC[C@@H]1C1CC1. The van der Waals surface area contributed by atoms with Gasteiger partial charge in [0.2, 0.25) is 0 Å². The topological polar surface area (TPSA) is 59.4 Å². The lowest BCUT2D eigenvalue weighted by atomic mass is 10.1. The number of amides is 2. The predicted octanol–water partition coefficient (Wildman–Crippen LogP) is 2.24. The Balaban J connectivity index is 1.27. The first kappa shape index (κ1) is 16.1. The fourth-order valence-electron chi connectivity index (χ4n) is 3.40. The van der Waals surface area contributed by atoms with E-state index in [0.717, 1.165) is 12.1 Å². The van der Waals surface area contributed by atoms with Crippen LogP contribution in [0.4, 0.5) is 4.79 Å². The van der Waals surface area contributed by atoms with Crippen molar-refractivity contribution in [2.45, 2.75) is 25.3 Å². The number of nitrogens with zero attached hydrogens (tertiary/aromatic N) is 3. The highest BCUT2D eigenvalue weighted by Gasteiger charge is 2.39. The zero-order valence-electron chi connectivity index (χ0n) is 14.3. The zero-order chi connectivity index (χ0) is 17.1. The lowest BCUT2D eigenvalue weighted by Crippen LogP contribution is -2.53. The van der Waals surface area contributed by atoms with E-state index < -0.39 is 0 Å². The highest BCUT2D eigenvalue weighted by atomic mass is 16.5. The van der Waals surface area contributed by atoms with Crippen LogP contribution in [0.5, 0.6) is 0 Å². The Morgan fingerprint density at radius 1 is 1.28 bits per heavy atom. The number of ether oxygens (including phenoxy) is 1. The number of urea groups is 1. The summed E-state index contributed by atoms with van der Waals surface area (Å²) in [5.41, 5.74) is 2.25. The van der Waals surface area contributed by atoms with Crippen LogP contribution in [0, 0.1) is 5.92 Å². The van der Waals surface area contributed by atoms with Gasteiger partial charge < -0.3 is 15.0 Å². The van der Waals surface area contributed by atoms with Gasteiger partial charge in [-0.2, -0.15) is 5.10 Å². The minimum atomic E-state index is 0.0494. The standard InChI is InChI=1S/C19H24N4O2/c24-19(22-12-13-25-14-18(22)16-4-5-16)20-10-8-15-2-6-17(7-3-15)23-11-1-9-21-23/h1-3,6-7,9,11,16,18H,4-5,8,10,12-14H2,(H,20,24)/t18-/m1/s1. The summed E-state index contributed by atoms with van der Waals surface area (Å²) in [5.74, 6) is 0.640. The minimum Gasteiger partial charge on any atom is -0.377 e. The first-order valence-electron chi connectivity index (χ1n) is 9.02. The first-order chi connectivity index (χ1) is 12.3. The van der Waals surface area contributed by atoms with E-state index in [1.807, 2.05) is 21.8 Å². The van der Waals surface area contributed by atoms with E-state index in [4.69, 9.17) is 4.74 Å². The molecule has 1 saturated carbocycles. The monoisotopic (exact) mass is 340 g/mol. The molecule has 0 unspecified atom stereocenters. The van der Waals surface area contributed by atoms with E-state index in [2.05, 4.69) is 34.7 Å². The van der Waals surface area contributed by atoms with Gasteiger partial charge in [0.1, 0.15) is 0 Å². The van der Waals surface area contributed by atoms with Crippen LogP contribution in [-0.2, 0) is 11.2 Å². The Morgan fingerprint density at radius 2 is 2.12 bits per heavy atom. The highest BCUT2D eigenvalue weighted by Crippen LogP contribution is 2.36. The Labute approximate surface area is 147 Å². The number of carbonyl (C=O) groups excluding carboxylic acids is 1. The molecule has 1 N–H and O–H groups in total. The smallest absolute Gasteiger partial charge is 0.317 e. The van der Waals surface area contributed by atoms with E-state index in [0.29, 0.717) is 32.2 Å². The van der Waals surface area contributed by atoms with Crippen molar-refractivity contribution in [3.63, 3.8) is 0 Å². The third-order valence-corrected chi connectivity index (χ3v) is 4.99. The second-order valence-electron chi connectivity index (χ2n) is 6.77. The molecule has 0 radical (unpaired) electrons. The molecular formula is C19H24N4O2. The molecule has 132 valence electrons. The molecule has 1 saturated heterocycles. The Kier molecular flexibility index (Phi) is 4.70. The minimum absolute atomic E-state index is 0.0494. The third kappa shape index (κ3) is 3.85. The lowest BCUT2D eigenvalue weighted by molar-refractivity contribution is 0.00477. The van der Waals surface area contributed by atoms with Crippen molar-refractivity contribution < 1.29 is 9.53 Å². The fourth-order valence-corrected chi connectivity index (χ4v) is 3.40. The quantitative estimate of drug-likeness (QED) is 0.908. The van der Waals surface area contributed by atoms with Gasteiger partial charge in [-0.3, -0.25) is 0 Å². The van der Waals surface area contributed by atoms with Crippen molar-refractivity contribution in [3.8, 4) is 5.69 Å². The average molecular weight is 340 g/mol. The largest absolute Gasteiger partial charge is 0.377 e. The van der Waals surface area contributed by atoms with E-state index in [1.165, 1.54) is 18.4 Å². The van der Waals surface area contributed by atoms with Crippen molar-refractivity contribution in [3.05, 3.63) is 48.3 Å². The van der Waals surface area contributed by atoms with Gasteiger partial charge >= 0.3 is 6.03 Å². The molecule has 2 fully saturated rings. The molecule has 1 aromatic carbocycles. The summed E-state index contributed by atoms with van der Waals surface area (Å²) < 4.78 is 7.39. The third-order valence-electron chi connectivity index (χ3n) is 4.99. The second-order valence-corrected chi connectivity index (χ2v) is 6.77. The second kappa shape index (κ2) is 7.27. The molecule has 1 atom stereocenters. The van der Waals surface area contributed by atoms with Crippen LogP contribution in [0.1, 0.15) is 18.4 Å². The summed E-state index contributed by atoms with van der Waals surface area (Å²) in [6, 6.07) is 10.5. The molecule has 2 aromatic rings. The molecule has 2 heterocycles. The van der Waals surface area contributed by atoms with Gasteiger partial charge in [0, 0.05) is 25.5 Å². The summed E-state index contributed by atoms with van der Waals surface area (Å²) in [7, 11) is 0. The van der Waals surface area contributed by atoms with Crippen LogP contribution >= 0.6 is 0 Å². The molecule has 6 nitrogen and oxygen atoms in total. The van der Waals surface area contributed by atoms with Crippen LogP contribution in [0.25, 0.3) is 5.69 Å². The van der Waals surface area contributed by atoms with Crippen LogP contribution < -0.4 is 5.32 Å². The van der Waals surface area contributed by atoms with Crippen LogP contribution in [0.2, 0.25) is 0 Å². The number of hydrogen-bond donors (Lipinski definition) is 1. The van der Waals surface area contributed by atoms with Crippen LogP contribution in [0.15, 0.2) is 42.7 Å². The number of benzene rings is 1. The van der Waals surface area contributed by atoms with Gasteiger partial charge in [-0.05, 0) is 48.9 Å². The molecule has 4 rings (SSSR count). The van der Waals surface area contributed by atoms with Crippen molar-refractivity contribution in [2.24, 2.45) is 5.92 Å². The normalized spacial score (nSPS) is 20.5. The van der Waals surface area contributed by atoms with Crippen LogP contribution in [-0.4, -0.2) is 53.1 Å². The van der Waals surface area contributed by atoms with Gasteiger partial charge in [0.15, 0.2) is 0 Å². The van der Waals surface area contributed by atoms with Crippen LogP contribution in [0.3, 0.4) is 0 Å². The summed E-state index contributed by atoms with van der Waals surface area (Å²) in [6.07, 6.45) is 6.96. The number of rotatable bonds is 5. The Morgan fingerprint density at radius 3 is 2.84 bits per heavy atom. The van der Waals surface area contributed by atoms with E-state index in [9.17, 15) is 4.79 Å². The molecule has 1 aliphatic heterocycles. The molecule has 2 amide bonds. The number of aromatic nitrogens is 2. The number of morpholine rings is 1. The van der Waals surface area contributed by atoms with Gasteiger partial charge in [-0.15, -0.1) is 0 Å². The summed E-state index contributed by atoms with van der Waals surface area (Å²) in [4.78, 5) is 14.5. The Bertz CT molecular complexity index is 695. The lowest BCUT2D eigenvalue weighted by Gasteiger charge is -2.35. The number of carbonyl (C=O) groups is 1. The number of hydrogen-bond acceptors (Lipinski definition) is 3. The summed E-state index contributed by atoms with van der Waals surface area (Å²) >= 11 is 0. The van der Waals surface area contributed by atoms with E-state index in [1.54, 1.807) is 6.20 Å². The van der Waals surface area contributed by atoms with Gasteiger partial charge in [0.25, 0.3) is 0 Å². The molecule has 0 bridgehead atoms. The number of nitrogens with one attached hydrogen (secondary N) is 1. The molecule has 0 spiro atoms. The maximum Gasteiger partial charge on any atom is 0.317 e. The average Bonchev–Trinajstić information content (AvgIpc) is 3.36. The van der Waals surface area contributed by atoms with Gasteiger partial charge in [-0.1, -0.05) is 12.1 Å². The summed E-state index contributed by atoms with van der Waals surface area (Å²) in [5, 5.41) is 7.29. The van der Waals surface area contributed by atoms with Gasteiger partial charge in [0.05, 0.1) is 24.9 Å². The molecule has 1 aliphatic carbocycles. The molecule has 6 heteroatoms. The molecule has 2 aliphatic rings. The maximum atomic E-state index is 12.5. The predicted molar refractivity (Wildman–Crippen MR) is 94.7 cm³/mol. The molecular weight excluding hydrogens is 316 g/mol. The van der Waals surface area contributed by atoms with Crippen molar-refractivity contribution in [1.82, 2.24) is 20.0 Å². The molecule has 25 heavy (non-hydrogen) atoms. The maximum absolute atomic E-state index is 12.5. The zero-order valence-corrected chi connectivity index (χ0v) is 14.3. The van der Waals surface area contributed by atoms with Crippen molar-refractivity contribution >= 4 is 6.03 Å². The first-order valence-corrected chi connectivity index (χ1v) is 9.02. The van der Waals surface area contributed by atoms with E-state index >= 15 is 0 Å². The Hall–Kier alpha value is -2.34.